The molecule has 0 saturated heterocycles. The quantitative estimate of drug-likeness (QED) is 0.888. The Bertz CT molecular complexity index is 469. The topological polar surface area (TPSA) is 37.3 Å². The van der Waals surface area contributed by atoms with Crippen molar-refractivity contribution in [2.75, 3.05) is 0 Å². The van der Waals surface area contributed by atoms with Crippen molar-refractivity contribution in [1.29, 1.82) is 0 Å². The molecule has 0 aliphatic heterocycles. The second kappa shape index (κ2) is 4.90. The molecule has 2 bridgehead atoms. The van der Waals surface area contributed by atoms with E-state index in [4.69, 9.17) is 0 Å². The first-order chi connectivity index (χ1) is 8.75. The molecule has 0 heterocycles. The molecular weight excluding hydrogens is 244 g/mol. The monoisotopic (exact) mass is 260 g/mol. The number of benzene rings is 1. The minimum Gasteiger partial charge on any atom is -0.392 e. The van der Waals surface area contributed by atoms with Crippen molar-refractivity contribution in [2.45, 2.75) is 29.1 Å². The van der Waals surface area contributed by atoms with Crippen LogP contribution in [0.15, 0.2) is 47.4 Å². The Balaban J connectivity index is 1.87. The largest absolute Gasteiger partial charge is 0.392 e. The van der Waals surface area contributed by atoms with E-state index in [-0.39, 0.29) is 17.0 Å². The van der Waals surface area contributed by atoms with Crippen LogP contribution in [0, 0.1) is 11.8 Å². The van der Waals surface area contributed by atoms with Gasteiger partial charge in [0, 0.05) is 10.1 Å². The summed E-state index contributed by atoms with van der Waals surface area (Å²) in [5.41, 5.74) is 0. The molecule has 2 nitrogen and oxygen atoms in total. The summed E-state index contributed by atoms with van der Waals surface area (Å²) in [4.78, 5) is 13.1. The number of thioether (sulfide) groups is 1. The second-order valence-corrected chi connectivity index (χ2v) is 6.24. The van der Waals surface area contributed by atoms with Crippen LogP contribution >= 0.6 is 11.8 Å². The van der Waals surface area contributed by atoms with E-state index in [0.717, 1.165) is 12.8 Å². The highest BCUT2D eigenvalue weighted by Crippen LogP contribution is 2.44. The normalized spacial score (nSPS) is 34.6. The van der Waals surface area contributed by atoms with Gasteiger partial charge in [-0.2, -0.15) is 0 Å². The van der Waals surface area contributed by atoms with Gasteiger partial charge in [-0.25, -0.2) is 0 Å². The van der Waals surface area contributed by atoms with Crippen LogP contribution in [0.3, 0.4) is 0 Å². The summed E-state index contributed by atoms with van der Waals surface area (Å²) in [7, 11) is 0. The van der Waals surface area contributed by atoms with Gasteiger partial charge in [0.25, 0.3) is 0 Å². The van der Waals surface area contributed by atoms with Gasteiger partial charge in [-0.1, -0.05) is 24.3 Å². The summed E-state index contributed by atoms with van der Waals surface area (Å²) >= 11 is 1.73. The summed E-state index contributed by atoms with van der Waals surface area (Å²) in [5.74, 6) is 0.284. The summed E-state index contributed by atoms with van der Waals surface area (Å²) in [6.45, 7) is 0. The van der Waals surface area contributed by atoms with Gasteiger partial charge in [0.1, 0.15) is 0 Å². The van der Waals surface area contributed by atoms with Crippen LogP contribution in [0.5, 0.6) is 0 Å². The zero-order valence-electron chi connectivity index (χ0n) is 10.0. The predicted molar refractivity (Wildman–Crippen MR) is 72.5 cm³/mol. The summed E-state index contributed by atoms with van der Waals surface area (Å²) < 4.78 is 0. The van der Waals surface area contributed by atoms with Gasteiger partial charge in [0.15, 0.2) is 5.78 Å². The van der Waals surface area contributed by atoms with Gasteiger partial charge < -0.3 is 5.11 Å². The van der Waals surface area contributed by atoms with E-state index >= 15 is 0 Å². The van der Waals surface area contributed by atoms with Crippen LogP contribution < -0.4 is 0 Å². The fourth-order valence-corrected chi connectivity index (χ4v) is 4.39. The number of hydrogen-bond donors (Lipinski definition) is 1. The lowest BCUT2D eigenvalue weighted by atomic mass is 9.73. The Kier molecular flexibility index (Phi) is 3.27. The molecule has 18 heavy (non-hydrogen) atoms. The molecule has 1 fully saturated rings. The standard InChI is InChI=1S/C15H16O2S/c16-12-8-6-10-7-9-13(17)14(12)15(10)18-11-4-2-1-3-5-11/h1-6,8,10,13-15,17H,7,9H2/t10-,13+,14+,15+/m0/s1. The molecule has 0 aromatic heterocycles. The van der Waals surface area contributed by atoms with Gasteiger partial charge in [0.2, 0.25) is 0 Å². The molecule has 4 atom stereocenters. The van der Waals surface area contributed by atoms with E-state index in [0.29, 0.717) is 5.92 Å². The lowest BCUT2D eigenvalue weighted by Crippen LogP contribution is -2.46. The average molecular weight is 260 g/mol. The smallest absolute Gasteiger partial charge is 0.162 e. The van der Waals surface area contributed by atoms with Crippen LogP contribution in [0.4, 0.5) is 0 Å². The Morgan fingerprint density at radius 2 is 1.94 bits per heavy atom. The van der Waals surface area contributed by atoms with Crippen molar-refractivity contribution in [3.63, 3.8) is 0 Å². The Morgan fingerprint density at radius 3 is 2.72 bits per heavy atom. The zero-order chi connectivity index (χ0) is 12.5. The number of aliphatic hydroxyl groups is 1. The first kappa shape index (κ1) is 12.0. The predicted octanol–water partition coefficient (Wildman–Crippen LogP) is 2.67. The number of carbonyl (C=O) groups excluding carboxylic acids is 1. The highest BCUT2D eigenvalue weighted by Gasteiger charge is 2.43. The van der Waals surface area contributed by atoms with E-state index in [1.807, 2.05) is 24.3 Å². The van der Waals surface area contributed by atoms with E-state index in [1.54, 1.807) is 17.8 Å². The molecule has 1 aromatic rings. The van der Waals surface area contributed by atoms with Crippen molar-refractivity contribution >= 4 is 17.5 Å². The van der Waals surface area contributed by atoms with Gasteiger partial charge >= 0.3 is 0 Å². The zero-order valence-corrected chi connectivity index (χ0v) is 10.8. The molecule has 2 aliphatic carbocycles. The SMILES string of the molecule is O=C1C=C[C@H]2CC[C@@H](O)[C@@H]1[C@@H]2Sc1ccccc1. The number of allylic oxidation sites excluding steroid dienone is 2. The maximum absolute atomic E-state index is 12.0. The van der Waals surface area contributed by atoms with Gasteiger partial charge in [-0.05, 0) is 37.0 Å². The number of rotatable bonds is 2. The van der Waals surface area contributed by atoms with Gasteiger partial charge in [-0.3, -0.25) is 4.79 Å². The minimum absolute atomic E-state index is 0.0897. The minimum atomic E-state index is -0.472. The third-order valence-corrected chi connectivity index (χ3v) is 5.30. The summed E-state index contributed by atoms with van der Waals surface area (Å²) in [6, 6.07) is 10.1. The lowest BCUT2D eigenvalue weighted by molar-refractivity contribution is -0.124. The third kappa shape index (κ3) is 2.13. The maximum Gasteiger partial charge on any atom is 0.162 e. The van der Waals surface area contributed by atoms with Crippen LogP contribution in [0.2, 0.25) is 0 Å². The van der Waals surface area contributed by atoms with Gasteiger partial charge in [-0.15, -0.1) is 11.8 Å². The van der Waals surface area contributed by atoms with E-state index in [1.165, 1.54) is 4.90 Å². The first-order valence-electron chi connectivity index (χ1n) is 6.37. The number of carbonyl (C=O) groups is 1. The van der Waals surface area contributed by atoms with Crippen LogP contribution in [0.25, 0.3) is 0 Å². The Morgan fingerprint density at radius 1 is 1.17 bits per heavy atom. The van der Waals surface area contributed by atoms with Crippen molar-refractivity contribution in [3.05, 3.63) is 42.5 Å². The van der Waals surface area contributed by atoms with Crippen LogP contribution in [0.1, 0.15) is 12.8 Å². The summed E-state index contributed by atoms with van der Waals surface area (Å²) in [5, 5.41) is 10.3. The third-order valence-electron chi connectivity index (χ3n) is 3.84. The molecule has 3 heteroatoms. The van der Waals surface area contributed by atoms with Crippen molar-refractivity contribution in [3.8, 4) is 0 Å². The number of hydrogen-bond acceptors (Lipinski definition) is 3. The summed E-state index contributed by atoms with van der Waals surface area (Å²) in [6.07, 6.45) is 4.95. The van der Waals surface area contributed by atoms with E-state index < -0.39 is 6.10 Å². The average Bonchev–Trinajstić information content (AvgIpc) is 2.38. The molecule has 3 rings (SSSR count). The molecule has 1 saturated carbocycles. The van der Waals surface area contributed by atoms with Crippen molar-refractivity contribution in [1.82, 2.24) is 0 Å². The van der Waals surface area contributed by atoms with Crippen molar-refractivity contribution in [2.24, 2.45) is 11.8 Å². The fourth-order valence-electron chi connectivity index (χ4n) is 2.90. The first-order valence-corrected chi connectivity index (χ1v) is 7.25. The van der Waals surface area contributed by atoms with Crippen LogP contribution in [-0.4, -0.2) is 22.2 Å². The lowest BCUT2D eigenvalue weighted by Gasteiger charge is -2.40. The maximum atomic E-state index is 12.0. The molecule has 0 amide bonds. The van der Waals surface area contributed by atoms with Crippen LogP contribution in [-0.2, 0) is 4.79 Å². The molecule has 0 unspecified atom stereocenters. The molecule has 2 aliphatic rings. The molecule has 0 spiro atoms. The Hall–Kier alpha value is -1.06. The second-order valence-electron chi connectivity index (χ2n) is 4.99. The van der Waals surface area contributed by atoms with Crippen molar-refractivity contribution < 1.29 is 9.90 Å². The number of ketones is 1. The van der Waals surface area contributed by atoms with Gasteiger partial charge in [0.05, 0.1) is 12.0 Å². The number of aliphatic hydroxyl groups excluding tert-OH is 1. The highest BCUT2D eigenvalue weighted by molar-refractivity contribution is 8.00. The Labute approximate surface area is 111 Å². The molecule has 94 valence electrons. The molecule has 0 radical (unpaired) electrons. The number of fused-ring (bicyclic) bond motifs is 2. The van der Waals surface area contributed by atoms with E-state index in [2.05, 4.69) is 12.1 Å². The molecule has 1 aromatic carbocycles. The molecule has 1 N–H and O–H groups in total. The fraction of sp³-hybridized carbons (Fsp3) is 0.400. The highest BCUT2D eigenvalue weighted by atomic mass is 32.2. The van der Waals surface area contributed by atoms with E-state index in [9.17, 15) is 9.90 Å². The molecular formula is C15H16O2S.